The summed E-state index contributed by atoms with van der Waals surface area (Å²) in [6.07, 6.45) is 2.43. The average Bonchev–Trinajstić information content (AvgIpc) is 2.85. The van der Waals surface area contributed by atoms with E-state index in [-0.39, 0.29) is 11.8 Å². The van der Waals surface area contributed by atoms with Crippen LogP contribution in [0.2, 0.25) is 0 Å². The molecule has 1 aromatic heterocycles. The van der Waals surface area contributed by atoms with E-state index in [0.717, 1.165) is 16.6 Å². The molecular weight excluding hydrogens is 234 g/mol. The normalized spacial score (nSPS) is 25.6. The molecule has 0 bridgehead atoms. The van der Waals surface area contributed by atoms with Crippen molar-refractivity contribution in [3.8, 4) is 0 Å². The molecule has 0 radical (unpaired) electrons. The van der Waals surface area contributed by atoms with Gasteiger partial charge in [0.2, 0.25) is 0 Å². The van der Waals surface area contributed by atoms with Crippen molar-refractivity contribution in [1.82, 2.24) is 4.98 Å². The first kappa shape index (κ1) is 8.69. The Kier molecular flexibility index (Phi) is 2.07. The van der Waals surface area contributed by atoms with Crippen LogP contribution in [0, 0.1) is 5.92 Å². The van der Waals surface area contributed by atoms with E-state index in [9.17, 15) is 4.79 Å². The van der Waals surface area contributed by atoms with Gasteiger partial charge >= 0.3 is 5.97 Å². The number of halogens is 1. The van der Waals surface area contributed by atoms with Gasteiger partial charge in [0.1, 0.15) is 0 Å². The fourth-order valence-electron chi connectivity index (χ4n) is 1.40. The van der Waals surface area contributed by atoms with Crippen LogP contribution in [0.3, 0.4) is 0 Å². The number of aromatic nitrogens is 1. The summed E-state index contributed by atoms with van der Waals surface area (Å²) in [4.78, 5) is 14.7. The monoisotopic (exact) mass is 241 g/mol. The van der Waals surface area contributed by atoms with Gasteiger partial charge < -0.3 is 5.11 Å². The van der Waals surface area contributed by atoms with E-state index in [2.05, 4.69) is 20.9 Å². The summed E-state index contributed by atoms with van der Waals surface area (Å²) < 4.78 is 0.920. The molecule has 0 aromatic carbocycles. The lowest BCUT2D eigenvalue weighted by Gasteiger charge is -1.96. The van der Waals surface area contributed by atoms with Crippen LogP contribution in [0.5, 0.6) is 0 Å². The van der Waals surface area contributed by atoms with Gasteiger partial charge in [-0.25, -0.2) is 0 Å². The standard InChI is InChI=1S/C9H8BrNO2/c10-5-1-2-8(11-4-5)6-3-7(6)9(12)13/h1-2,4,6-7H,3H2,(H,12,13). The first-order chi connectivity index (χ1) is 6.18. The topological polar surface area (TPSA) is 50.2 Å². The predicted molar refractivity (Wildman–Crippen MR) is 50.4 cm³/mol. The second-order valence-corrected chi connectivity index (χ2v) is 4.10. The smallest absolute Gasteiger partial charge is 0.307 e. The summed E-state index contributed by atoms with van der Waals surface area (Å²) in [5, 5.41) is 8.70. The van der Waals surface area contributed by atoms with Gasteiger partial charge in [-0.15, -0.1) is 0 Å². The van der Waals surface area contributed by atoms with Crippen molar-refractivity contribution >= 4 is 21.9 Å². The van der Waals surface area contributed by atoms with Gasteiger partial charge in [-0.2, -0.15) is 0 Å². The van der Waals surface area contributed by atoms with E-state index in [1.165, 1.54) is 0 Å². The van der Waals surface area contributed by atoms with Crippen molar-refractivity contribution in [2.75, 3.05) is 0 Å². The number of carboxylic acids is 1. The molecule has 2 atom stereocenters. The van der Waals surface area contributed by atoms with Crippen LogP contribution >= 0.6 is 15.9 Å². The number of hydrogen-bond donors (Lipinski definition) is 1. The van der Waals surface area contributed by atoms with Crippen molar-refractivity contribution in [2.24, 2.45) is 5.92 Å². The molecule has 0 aliphatic heterocycles. The molecule has 0 saturated heterocycles. The molecule has 4 heteroatoms. The molecule has 68 valence electrons. The third kappa shape index (κ3) is 1.72. The van der Waals surface area contributed by atoms with E-state index in [4.69, 9.17) is 5.11 Å². The Hall–Kier alpha value is -0.900. The van der Waals surface area contributed by atoms with Crippen LogP contribution < -0.4 is 0 Å². The van der Waals surface area contributed by atoms with Gasteiger partial charge in [0.05, 0.1) is 5.92 Å². The van der Waals surface area contributed by atoms with Gasteiger partial charge in [0.15, 0.2) is 0 Å². The quantitative estimate of drug-likeness (QED) is 0.863. The molecule has 1 N–H and O–H groups in total. The molecule has 1 aliphatic rings. The molecule has 1 aliphatic carbocycles. The molecule has 1 saturated carbocycles. The van der Waals surface area contributed by atoms with Crippen molar-refractivity contribution in [3.05, 3.63) is 28.5 Å². The van der Waals surface area contributed by atoms with Crippen LogP contribution in [0.25, 0.3) is 0 Å². The first-order valence-corrected chi connectivity index (χ1v) is 4.82. The minimum atomic E-state index is -0.713. The number of rotatable bonds is 2. The summed E-state index contributed by atoms with van der Waals surface area (Å²) in [7, 11) is 0. The second-order valence-electron chi connectivity index (χ2n) is 3.19. The third-order valence-corrected chi connectivity index (χ3v) is 2.71. The minimum Gasteiger partial charge on any atom is -0.481 e. The summed E-state index contributed by atoms with van der Waals surface area (Å²) in [6, 6.07) is 3.76. The van der Waals surface area contributed by atoms with Gasteiger partial charge in [-0.1, -0.05) is 0 Å². The number of nitrogens with zero attached hydrogens (tertiary/aromatic N) is 1. The summed E-state index contributed by atoms with van der Waals surface area (Å²) in [5.41, 5.74) is 0.885. The van der Waals surface area contributed by atoms with Crippen molar-refractivity contribution < 1.29 is 9.90 Å². The number of carbonyl (C=O) groups is 1. The largest absolute Gasteiger partial charge is 0.481 e. The highest BCUT2D eigenvalue weighted by Crippen LogP contribution is 2.46. The zero-order valence-electron chi connectivity index (χ0n) is 6.77. The Morgan fingerprint density at radius 2 is 2.38 bits per heavy atom. The van der Waals surface area contributed by atoms with Gasteiger partial charge in [-0.05, 0) is 34.5 Å². The van der Waals surface area contributed by atoms with E-state index in [1.807, 2.05) is 12.1 Å². The fourth-order valence-corrected chi connectivity index (χ4v) is 1.64. The van der Waals surface area contributed by atoms with Gasteiger partial charge in [0, 0.05) is 22.3 Å². The van der Waals surface area contributed by atoms with Crippen LogP contribution in [-0.4, -0.2) is 16.1 Å². The highest BCUT2D eigenvalue weighted by atomic mass is 79.9. The number of carboxylic acid groups (broad SMARTS) is 1. The maximum atomic E-state index is 10.6. The van der Waals surface area contributed by atoms with Gasteiger partial charge in [-0.3, -0.25) is 9.78 Å². The maximum absolute atomic E-state index is 10.6. The molecule has 3 nitrogen and oxygen atoms in total. The van der Waals surface area contributed by atoms with E-state index >= 15 is 0 Å². The summed E-state index contributed by atoms with van der Waals surface area (Å²) in [6.45, 7) is 0. The number of pyridine rings is 1. The lowest BCUT2D eigenvalue weighted by molar-refractivity contribution is -0.138. The van der Waals surface area contributed by atoms with Crippen LogP contribution in [0.15, 0.2) is 22.8 Å². The summed E-state index contributed by atoms with van der Waals surface area (Å²) >= 11 is 3.28. The predicted octanol–water partition coefficient (Wildman–Crippen LogP) is 2.03. The number of aliphatic carboxylic acids is 1. The number of hydrogen-bond acceptors (Lipinski definition) is 2. The van der Waals surface area contributed by atoms with E-state index < -0.39 is 5.97 Å². The lowest BCUT2D eigenvalue weighted by atomic mass is 10.2. The zero-order valence-corrected chi connectivity index (χ0v) is 8.36. The molecule has 2 rings (SSSR count). The molecular formula is C9H8BrNO2. The van der Waals surface area contributed by atoms with Crippen LogP contribution in [0.4, 0.5) is 0 Å². The maximum Gasteiger partial charge on any atom is 0.307 e. The van der Waals surface area contributed by atoms with Crippen LogP contribution in [0.1, 0.15) is 18.0 Å². The highest BCUT2D eigenvalue weighted by molar-refractivity contribution is 9.10. The third-order valence-electron chi connectivity index (χ3n) is 2.24. The van der Waals surface area contributed by atoms with Crippen LogP contribution in [-0.2, 0) is 4.79 Å². The Morgan fingerprint density at radius 1 is 1.62 bits per heavy atom. The van der Waals surface area contributed by atoms with E-state index in [1.54, 1.807) is 6.20 Å². The van der Waals surface area contributed by atoms with Gasteiger partial charge in [0.25, 0.3) is 0 Å². The van der Waals surface area contributed by atoms with Crippen molar-refractivity contribution in [2.45, 2.75) is 12.3 Å². The molecule has 0 spiro atoms. The SMILES string of the molecule is O=C(O)C1CC1c1ccc(Br)cn1. The Bertz CT molecular complexity index is 336. The Balaban J connectivity index is 2.12. The highest BCUT2D eigenvalue weighted by Gasteiger charge is 2.44. The average molecular weight is 242 g/mol. The first-order valence-electron chi connectivity index (χ1n) is 4.03. The summed E-state index contributed by atoms with van der Waals surface area (Å²) in [5.74, 6) is -0.797. The minimum absolute atomic E-state index is 0.130. The van der Waals surface area contributed by atoms with Crippen molar-refractivity contribution in [1.29, 1.82) is 0 Å². The van der Waals surface area contributed by atoms with E-state index in [0.29, 0.717) is 0 Å². The molecule has 0 amide bonds. The lowest BCUT2D eigenvalue weighted by Crippen LogP contribution is -1.99. The Labute approximate surface area is 83.9 Å². The molecule has 1 heterocycles. The molecule has 1 fully saturated rings. The Morgan fingerprint density at radius 3 is 2.85 bits per heavy atom. The molecule has 1 aromatic rings. The zero-order chi connectivity index (χ0) is 9.42. The fraction of sp³-hybridized carbons (Fsp3) is 0.333. The molecule has 2 unspecified atom stereocenters. The van der Waals surface area contributed by atoms with Crippen molar-refractivity contribution in [3.63, 3.8) is 0 Å². The second kappa shape index (κ2) is 3.10. The molecule has 13 heavy (non-hydrogen) atoms.